The molecule has 0 radical (unpaired) electrons. The molecule has 3 heterocycles. The van der Waals surface area contributed by atoms with Gasteiger partial charge in [-0.1, -0.05) is 18.2 Å². The second kappa shape index (κ2) is 5.92. The van der Waals surface area contributed by atoms with Gasteiger partial charge in [0.1, 0.15) is 0 Å². The van der Waals surface area contributed by atoms with Crippen molar-refractivity contribution in [3.8, 4) is 11.5 Å². The van der Waals surface area contributed by atoms with E-state index in [4.69, 9.17) is 22.6 Å². The summed E-state index contributed by atoms with van der Waals surface area (Å²) >= 11 is 0. The molecule has 25 heavy (non-hydrogen) atoms. The molecule has 0 bridgehead atoms. The maximum atomic E-state index is 6.43. The molecule has 2 aromatic rings. The van der Waals surface area contributed by atoms with Crippen LogP contribution in [0.25, 0.3) is 0 Å². The zero-order valence-electron chi connectivity index (χ0n) is 14.0. The highest BCUT2D eigenvalue weighted by atomic mass is 32.3. The second-order valence-electron chi connectivity index (χ2n) is 6.27. The third kappa shape index (κ3) is 2.29. The fourth-order valence-corrected chi connectivity index (χ4v) is 6.61. The molecule has 1 atom stereocenters. The third-order valence-corrected chi connectivity index (χ3v) is 7.70. The Morgan fingerprint density at radius 2 is 1.76 bits per heavy atom. The Balaban J connectivity index is 1.72. The van der Waals surface area contributed by atoms with Gasteiger partial charge in [-0.15, -0.1) is 10.6 Å². The van der Waals surface area contributed by atoms with E-state index in [2.05, 4.69) is 30.3 Å². The van der Waals surface area contributed by atoms with Gasteiger partial charge < -0.3 is 14.2 Å². The highest BCUT2D eigenvalue weighted by Gasteiger charge is 2.40. The van der Waals surface area contributed by atoms with Crippen LogP contribution in [-0.2, 0) is 19.5 Å². The Labute approximate surface area is 148 Å². The van der Waals surface area contributed by atoms with Crippen molar-refractivity contribution in [2.75, 3.05) is 20.3 Å². The van der Waals surface area contributed by atoms with Crippen LogP contribution >= 0.6 is 10.6 Å². The van der Waals surface area contributed by atoms with E-state index in [-0.39, 0.29) is 0 Å². The second-order valence-corrected chi connectivity index (χ2v) is 8.63. The summed E-state index contributed by atoms with van der Waals surface area (Å²) in [6.45, 7) is 0.719. The van der Waals surface area contributed by atoms with Gasteiger partial charge in [0.25, 0.3) is 0 Å². The standard InChI is InChI=1S/C19H20O5S/c1-20-19-23-15-8-9-17-14(18(15)24-19)12-13-6-2-3-7-16(13)25(17)21-10-4-5-11-22-25/h2-3,6-9,19H,4-5,10-12H2,1H3. The van der Waals surface area contributed by atoms with Crippen molar-refractivity contribution < 1.29 is 22.6 Å². The van der Waals surface area contributed by atoms with E-state index in [0.29, 0.717) is 19.0 Å². The maximum Gasteiger partial charge on any atom is 0.360 e. The van der Waals surface area contributed by atoms with E-state index in [1.807, 2.05) is 6.07 Å². The molecule has 3 aliphatic rings. The summed E-state index contributed by atoms with van der Waals surface area (Å²) in [5.41, 5.74) is 2.32. The van der Waals surface area contributed by atoms with Crippen molar-refractivity contribution >= 4 is 10.6 Å². The number of ether oxygens (including phenoxy) is 3. The molecule has 5 nitrogen and oxygen atoms in total. The molecular weight excluding hydrogens is 340 g/mol. The molecule has 3 aliphatic heterocycles. The van der Waals surface area contributed by atoms with Gasteiger partial charge in [0.05, 0.1) is 23.0 Å². The smallest absolute Gasteiger partial charge is 0.360 e. The van der Waals surface area contributed by atoms with Crippen LogP contribution in [0.3, 0.4) is 0 Å². The first kappa shape index (κ1) is 15.5. The first-order chi connectivity index (χ1) is 12.3. The van der Waals surface area contributed by atoms with E-state index in [1.54, 1.807) is 7.11 Å². The Kier molecular flexibility index (Phi) is 3.67. The average Bonchev–Trinajstić information content (AvgIpc) is 2.94. The lowest BCUT2D eigenvalue weighted by molar-refractivity contribution is -0.158. The molecule has 1 spiro atoms. The SMILES string of the molecule is COC1Oc2ccc3c(c2O1)Cc1ccccc1S31OCCCCO1. The van der Waals surface area contributed by atoms with Crippen molar-refractivity contribution in [3.05, 3.63) is 47.5 Å². The minimum atomic E-state index is -1.98. The molecular formula is C19H20O5S. The lowest BCUT2D eigenvalue weighted by Crippen LogP contribution is -2.20. The molecule has 1 fully saturated rings. The van der Waals surface area contributed by atoms with Gasteiger partial charge in [0.2, 0.25) is 0 Å². The lowest BCUT2D eigenvalue weighted by atomic mass is 10.0. The fraction of sp³-hybridized carbons (Fsp3) is 0.368. The van der Waals surface area contributed by atoms with Crippen LogP contribution < -0.4 is 9.47 Å². The summed E-state index contributed by atoms with van der Waals surface area (Å²) in [4.78, 5) is 2.26. The number of hydrogen-bond acceptors (Lipinski definition) is 5. The maximum absolute atomic E-state index is 6.43. The summed E-state index contributed by atoms with van der Waals surface area (Å²) < 4.78 is 29.7. The predicted molar refractivity (Wildman–Crippen MR) is 93.0 cm³/mol. The van der Waals surface area contributed by atoms with Gasteiger partial charge in [0, 0.05) is 19.1 Å². The Hall–Kier alpha value is -1.73. The number of hydrogen-bond donors (Lipinski definition) is 0. The lowest BCUT2D eigenvalue weighted by Gasteiger charge is -2.46. The molecule has 0 aromatic heterocycles. The predicted octanol–water partition coefficient (Wildman–Crippen LogP) is 4.17. The summed E-state index contributed by atoms with van der Waals surface area (Å²) in [6.07, 6.45) is 2.81. The Morgan fingerprint density at radius 1 is 0.960 bits per heavy atom. The highest BCUT2D eigenvalue weighted by molar-refractivity contribution is 8.26. The van der Waals surface area contributed by atoms with E-state index in [9.17, 15) is 0 Å². The van der Waals surface area contributed by atoms with E-state index < -0.39 is 17.1 Å². The molecule has 0 amide bonds. The molecule has 1 saturated heterocycles. The number of benzene rings is 2. The summed E-state index contributed by atoms with van der Waals surface area (Å²) in [7, 11) is -0.404. The average molecular weight is 360 g/mol. The van der Waals surface area contributed by atoms with Gasteiger partial charge in [0.15, 0.2) is 11.5 Å². The molecule has 5 rings (SSSR count). The zero-order chi connectivity index (χ0) is 16.9. The Morgan fingerprint density at radius 3 is 2.56 bits per heavy atom. The van der Waals surface area contributed by atoms with Crippen LogP contribution in [0.2, 0.25) is 0 Å². The van der Waals surface area contributed by atoms with E-state index in [0.717, 1.165) is 35.5 Å². The molecule has 0 saturated carbocycles. The minimum absolute atomic E-state index is 0.694. The molecule has 6 heteroatoms. The van der Waals surface area contributed by atoms with Crippen LogP contribution in [0.4, 0.5) is 0 Å². The van der Waals surface area contributed by atoms with Crippen molar-refractivity contribution in [1.82, 2.24) is 0 Å². The molecule has 0 aliphatic carbocycles. The minimum Gasteiger partial charge on any atom is -0.428 e. The van der Waals surface area contributed by atoms with Crippen LogP contribution in [0, 0.1) is 0 Å². The van der Waals surface area contributed by atoms with Gasteiger partial charge in [-0.3, -0.25) is 8.37 Å². The van der Waals surface area contributed by atoms with Crippen molar-refractivity contribution in [2.24, 2.45) is 0 Å². The van der Waals surface area contributed by atoms with Crippen LogP contribution in [0.1, 0.15) is 24.0 Å². The Bertz CT molecular complexity index is 813. The van der Waals surface area contributed by atoms with Crippen LogP contribution in [0.15, 0.2) is 46.2 Å². The third-order valence-electron chi connectivity index (χ3n) is 4.77. The monoisotopic (exact) mass is 360 g/mol. The molecule has 0 N–H and O–H groups in total. The summed E-state index contributed by atoms with van der Waals surface area (Å²) in [6, 6.07) is 12.4. The van der Waals surface area contributed by atoms with Gasteiger partial charge >= 0.3 is 6.48 Å². The van der Waals surface area contributed by atoms with Crippen LogP contribution in [-0.4, -0.2) is 26.8 Å². The molecule has 2 aromatic carbocycles. The molecule has 1 unspecified atom stereocenters. The van der Waals surface area contributed by atoms with Crippen LogP contribution in [0.5, 0.6) is 11.5 Å². The van der Waals surface area contributed by atoms with Crippen molar-refractivity contribution in [2.45, 2.75) is 35.5 Å². The first-order valence-corrected chi connectivity index (χ1v) is 10.0. The van der Waals surface area contributed by atoms with Crippen molar-refractivity contribution in [1.29, 1.82) is 0 Å². The van der Waals surface area contributed by atoms with E-state index in [1.165, 1.54) is 10.5 Å². The highest BCUT2D eigenvalue weighted by Crippen LogP contribution is 2.70. The van der Waals surface area contributed by atoms with Gasteiger partial charge in [-0.05, 0) is 36.6 Å². The number of methoxy groups -OCH3 is 1. The summed E-state index contributed by atoms with van der Waals surface area (Å²) in [5, 5.41) is 0. The molecule has 132 valence electrons. The topological polar surface area (TPSA) is 46.2 Å². The summed E-state index contributed by atoms with van der Waals surface area (Å²) in [5.74, 6) is 1.47. The zero-order valence-corrected chi connectivity index (χ0v) is 14.8. The normalized spacial score (nSPS) is 24.3. The largest absolute Gasteiger partial charge is 0.428 e. The fourth-order valence-electron chi connectivity index (χ4n) is 3.62. The van der Waals surface area contributed by atoms with E-state index >= 15 is 0 Å². The van der Waals surface area contributed by atoms with Gasteiger partial charge in [-0.25, -0.2) is 0 Å². The van der Waals surface area contributed by atoms with Gasteiger partial charge in [-0.2, -0.15) is 0 Å². The first-order valence-electron chi connectivity index (χ1n) is 8.54. The number of rotatable bonds is 1. The quantitative estimate of drug-likeness (QED) is 0.764. The van der Waals surface area contributed by atoms with Crippen molar-refractivity contribution in [3.63, 3.8) is 0 Å². The number of fused-ring (bicyclic) bond motifs is 6.